The first kappa shape index (κ1) is 18.0. The number of hydrogen-bond acceptors (Lipinski definition) is 3. The van der Waals surface area contributed by atoms with Gasteiger partial charge in [0.05, 0.1) is 11.4 Å². The zero-order chi connectivity index (χ0) is 16.8. The molecule has 2 amide bonds. The van der Waals surface area contributed by atoms with Crippen molar-refractivity contribution in [3.05, 3.63) is 21.9 Å². The summed E-state index contributed by atoms with van der Waals surface area (Å²) in [5.41, 5.74) is 0. The van der Waals surface area contributed by atoms with Crippen molar-refractivity contribution < 1.29 is 9.59 Å². The molecule has 0 aromatic carbocycles. The van der Waals surface area contributed by atoms with Crippen LogP contribution in [0, 0.1) is 5.92 Å². The molecule has 1 heterocycles. The van der Waals surface area contributed by atoms with Gasteiger partial charge in [-0.2, -0.15) is 0 Å². The third-order valence-corrected chi connectivity index (χ3v) is 5.30. The minimum absolute atomic E-state index is 0.0464. The molecule has 0 saturated heterocycles. The fourth-order valence-electron chi connectivity index (χ4n) is 3.12. The molecule has 128 valence electrons. The predicted molar refractivity (Wildman–Crippen MR) is 94.6 cm³/mol. The van der Waals surface area contributed by atoms with Crippen molar-refractivity contribution >= 4 is 23.2 Å². The largest absolute Gasteiger partial charge is 0.351 e. The first-order valence-electron chi connectivity index (χ1n) is 8.61. The smallest absolute Gasteiger partial charge is 0.264 e. The second-order valence-corrected chi connectivity index (χ2v) is 7.99. The first-order chi connectivity index (χ1) is 11.0. The number of nitrogens with zero attached hydrogens (tertiary/aromatic N) is 1. The summed E-state index contributed by atoms with van der Waals surface area (Å²) < 4.78 is 0. The fraction of sp³-hybridized carbons (Fsp3) is 0.667. The van der Waals surface area contributed by atoms with Gasteiger partial charge < -0.3 is 10.2 Å². The summed E-state index contributed by atoms with van der Waals surface area (Å²) >= 11 is 1.50. The maximum atomic E-state index is 13.0. The van der Waals surface area contributed by atoms with Gasteiger partial charge in [-0.25, -0.2) is 0 Å². The molecule has 0 spiro atoms. The summed E-state index contributed by atoms with van der Waals surface area (Å²) in [6, 6.07) is 4.24. The number of thiophene rings is 1. The van der Waals surface area contributed by atoms with Crippen LogP contribution in [0.2, 0.25) is 0 Å². The highest BCUT2D eigenvalue weighted by atomic mass is 32.1. The standard InChI is InChI=1S/C18H28N2O2S/c1-13(2)12-20(15-7-5-4-6-8-15)18(22)17-10-9-16(23-17)11-19-14(3)21/h9-10,13,15H,4-8,11-12H2,1-3H3,(H,19,21). The Balaban J connectivity index is 2.08. The number of carbonyl (C=O) groups excluding carboxylic acids is 2. The molecule has 23 heavy (non-hydrogen) atoms. The number of amides is 2. The van der Waals surface area contributed by atoms with Crippen LogP contribution in [0.5, 0.6) is 0 Å². The highest BCUT2D eigenvalue weighted by Crippen LogP contribution is 2.27. The van der Waals surface area contributed by atoms with E-state index in [-0.39, 0.29) is 11.8 Å². The minimum atomic E-state index is -0.0464. The van der Waals surface area contributed by atoms with Crippen LogP contribution in [0.4, 0.5) is 0 Å². The van der Waals surface area contributed by atoms with Crippen molar-refractivity contribution in [2.24, 2.45) is 5.92 Å². The lowest BCUT2D eigenvalue weighted by Gasteiger charge is -2.35. The number of carbonyl (C=O) groups is 2. The summed E-state index contributed by atoms with van der Waals surface area (Å²) in [5.74, 6) is 0.583. The Bertz CT molecular complexity index is 533. The van der Waals surface area contributed by atoms with Crippen molar-refractivity contribution in [3.63, 3.8) is 0 Å². The fourth-order valence-corrected chi connectivity index (χ4v) is 4.03. The maximum absolute atomic E-state index is 13.0. The second kappa shape index (κ2) is 8.48. The molecular formula is C18H28N2O2S. The van der Waals surface area contributed by atoms with Gasteiger partial charge in [0.2, 0.25) is 5.91 Å². The summed E-state index contributed by atoms with van der Waals surface area (Å²) in [7, 11) is 0. The molecule has 1 saturated carbocycles. The first-order valence-corrected chi connectivity index (χ1v) is 9.43. The molecule has 5 heteroatoms. The van der Waals surface area contributed by atoms with Crippen LogP contribution in [-0.4, -0.2) is 29.3 Å². The number of hydrogen-bond donors (Lipinski definition) is 1. The quantitative estimate of drug-likeness (QED) is 0.858. The second-order valence-electron chi connectivity index (χ2n) is 6.82. The topological polar surface area (TPSA) is 49.4 Å². The van der Waals surface area contributed by atoms with Crippen LogP contribution in [0.1, 0.15) is 67.4 Å². The highest BCUT2D eigenvalue weighted by molar-refractivity contribution is 7.14. The van der Waals surface area contributed by atoms with E-state index in [1.165, 1.54) is 37.5 Å². The van der Waals surface area contributed by atoms with Gasteiger partial charge in [0, 0.05) is 24.4 Å². The van der Waals surface area contributed by atoms with Crippen LogP contribution in [-0.2, 0) is 11.3 Å². The van der Waals surface area contributed by atoms with Gasteiger partial charge in [-0.05, 0) is 30.9 Å². The monoisotopic (exact) mass is 336 g/mol. The predicted octanol–water partition coefficient (Wildman–Crippen LogP) is 3.82. The van der Waals surface area contributed by atoms with Crippen LogP contribution < -0.4 is 5.32 Å². The van der Waals surface area contributed by atoms with Gasteiger partial charge >= 0.3 is 0 Å². The van der Waals surface area contributed by atoms with Gasteiger partial charge in [0.1, 0.15) is 0 Å². The van der Waals surface area contributed by atoms with Gasteiger partial charge in [0.15, 0.2) is 0 Å². The molecule has 1 aromatic heterocycles. The van der Waals surface area contributed by atoms with Crippen LogP contribution >= 0.6 is 11.3 Å². The SMILES string of the molecule is CC(=O)NCc1ccc(C(=O)N(CC(C)C)C2CCCCC2)s1. The average Bonchev–Trinajstić information content (AvgIpc) is 2.99. The van der Waals surface area contributed by atoms with Crippen molar-refractivity contribution in [1.29, 1.82) is 0 Å². The van der Waals surface area contributed by atoms with E-state index in [2.05, 4.69) is 24.1 Å². The van der Waals surface area contributed by atoms with Crippen LogP contribution in [0.25, 0.3) is 0 Å². The Morgan fingerprint density at radius 1 is 1.26 bits per heavy atom. The summed E-state index contributed by atoms with van der Waals surface area (Å²) in [4.78, 5) is 27.9. The van der Waals surface area contributed by atoms with E-state index in [9.17, 15) is 9.59 Å². The van der Waals surface area contributed by atoms with E-state index >= 15 is 0 Å². The molecule has 0 bridgehead atoms. The highest BCUT2D eigenvalue weighted by Gasteiger charge is 2.27. The third kappa shape index (κ3) is 5.34. The molecular weight excluding hydrogens is 308 g/mol. The van der Waals surface area contributed by atoms with Gasteiger partial charge in [-0.1, -0.05) is 33.1 Å². The van der Waals surface area contributed by atoms with E-state index in [0.29, 0.717) is 18.5 Å². The maximum Gasteiger partial charge on any atom is 0.264 e. The Morgan fingerprint density at radius 2 is 1.96 bits per heavy atom. The number of nitrogens with one attached hydrogen (secondary N) is 1. The van der Waals surface area contributed by atoms with E-state index in [4.69, 9.17) is 0 Å². The van der Waals surface area contributed by atoms with Crippen molar-refractivity contribution in [2.45, 2.75) is 65.5 Å². The molecule has 2 rings (SSSR count). The van der Waals surface area contributed by atoms with Crippen LogP contribution in [0.15, 0.2) is 12.1 Å². The lowest BCUT2D eigenvalue weighted by molar-refractivity contribution is -0.119. The molecule has 0 aliphatic heterocycles. The molecule has 0 radical (unpaired) electrons. The zero-order valence-corrected chi connectivity index (χ0v) is 15.2. The van der Waals surface area contributed by atoms with Crippen LogP contribution in [0.3, 0.4) is 0 Å². The molecule has 1 aliphatic rings. The minimum Gasteiger partial charge on any atom is -0.351 e. The molecule has 4 nitrogen and oxygen atoms in total. The lowest BCUT2D eigenvalue weighted by Crippen LogP contribution is -2.43. The Kier molecular flexibility index (Phi) is 6.63. The molecule has 1 fully saturated rings. The Morgan fingerprint density at radius 3 is 2.57 bits per heavy atom. The summed E-state index contributed by atoms with van der Waals surface area (Å²) in [5, 5.41) is 2.79. The Hall–Kier alpha value is -1.36. The average molecular weight is 337 g/mol. The molecule has 0 unspecified atom stereocenters. The van der Waals surface area contributed by atoms with Gasteiger partial charge in [-0.15, -0.1) is 11.3 Å². The van der Waals surface area contributed by atoms with E-state index in [1.807, 2.05) is 12.1 Å². The zero-order valence-electron chi connectivity index (χ0n) is 14.4. The van der Waals surface area contributed by atoms with Crippen molar-refractivity contribution in [2.75, 3.05) is 6.54 Å². The van der Waals surface area contributed by atoms with Crippen molar-refractivity contribution in [1.82, 2.24) is 10.2 Å². The summed E-state index contributed by atoms with van der Waals surface area (Å²) in [6.45, 7) is 7.16. The molecule has 1 N–H and O–H groups in total. The van der Waals surface area contributed by atoms with Gasteiger partial charge in [-0.3, -0.25) is 9.59 Å². The van der Waals surface area contributed by atoms with Gasteiger partial charge in [0.25, 0.3) is 5.91 Å². The van der Waals surface area contributed by atoms with Crippen molar-refractivity contribution in [3.8, 4) is 0 Å². The Labute approximate surface area is 143 Å². The molecule has 1 aliphatic carbocycles. The van der Waals surface area contributed by atoms with E-state index < -0.39 is 0 Å². The van der Waals surface area contributed by atoms with E-state index in [0.717, 1.165) is 29.1 Å². The summed E-state index contributed by atoms with van der Waals surface area (Å²) in [6.07, 6.45) is 6.00. The molecule has 0 atom stereocenters. The lowest BCUT2D eigenvalue weighted by atomic mass is 9.93. The number of rotatable bonds is 6. The molecule has 1 aromatic rings. The van der Waals surface area contributed by atoms with E-state index in [1.54, 1.807) is 0 Å². The normalized spacial score (nSPS) is 15.7. The third-order valence-electron chi connectivity index (χ3n) is 4.22.